The third-order valence-electron chi connectivity index (χ3n) is 7.56. The number of nitrogens with zero attached hydrogens (tertiary/aromatic N) is 3. The number of fused-ring (bicyclic) bond motifs is 1. The maximum absolute atomic E-state index is 14.3. The summed E-state index contributed by atoms with van der Waals surface area (Å²) >= 11 is 0. The van der Waals surface area contributed by atoms with Crippen molar-refractivity contribution in [3.05, 3.63) is 107 Å². The predicted molar refractivity (Wildman–Crippen MR) is 150 cm³/mol. The van der Waals surface area contributed by atoms with E-state index in [0.717, 1.165) is 33.6 Å². The van der Waals surface area contributed by atoms with Gasteiger partial charge in [0, 0.05) is 17.7 Å². The number of aromatic nitrogens is 2. The molecule has 3 aromatic carbocycles. The zero-order chi connectivity index (χ0) is 27.1. The molecular formula is C31H31N3O4S. The molecule has 0 aliphatic carbocycles. The van der Waals surface area contributed by atoms with Crippen LogP contribution in [0.3, 0.4) is 0 Å². The Labute approximate surface area is 229 Å². The number of rotatable bonds is 7. The summed E-state index contributed by atoms with van der Waals surface area (Å²) in [6.45, 7) is 4.92. The molecule has 0 unspecified atom stereocenters. The van der Waals surface area contributed by atoms with Crippen LogP contribution in [0.5, 0.6) is 5.75 Å². The van der Waals surface area contributed by atoms with Gasteiger partial charge in [-0.15, -0.1) is 0 Å². The van der Waals surface area contributed by atoms with Gasteiger partial charge in [-0.25, -0.2) is 8.42 Å². The minimum atomic E-state index is -3.18. The second-order valence-electron chi connectivity index (χ2n) is 10.3. The zero-order valence-corrected chi connectivity index (χ0v) is 22.9. The lowest BCUT2D eigenvalue weighted by Crippen LogP contribution is -2.30. The molecule has 0 saturated carbocycles. The fourth-order valence-corrected chi connectivity index (χ4v) is 7.41. The van der Waals surface area contributed by atoms with Crippen LogP contribution in [-0.2, 0) is 16.4 Å². The number of sulfone groups is 1. The van der Waals surface area contributed by atoms with E-state index >= 15 is 0 Å². The Balaban J connectivity index is 1.57. The lowest BCUT2D eigenvalue weighted by Gasteiger charge is -2.27. The molecule has 0 radical (unpaired) electrons. The van der Waals surface area contributed by atoms with E-state index < -0.39 is 15.9 Å². The van der Waals surface area contributed by atoms with Gasteiger partial charge in [-0.05, 0) is 43.5 Å². The molecule has 39 heavy (non-hydrogen) atoms. The van der Waals surface area contributed by atoms with E-state index in [4.69, 9.17) is 9.84 Å². The van der Waals surface area contributed by atoms with Gasteiger partial charge in [-0.3, -0.25) is 9.48 Å². The van der Waals surface area contributed by atoms with Crippen LogP contribution in [0.1, 0.15) is 58.2 Å². The highest BCUT2D eigenvalue weighted by molar-refractivity contribution is 7.91. The largest absolute Gasteiger partial charge is 0.494 e. The molecule has 2 atom stereocenters. The molecule has 2 aliphatic heterocycles. The van der Waals surface area contributed by atoms with Gasteiger partial charge in [-0.1, -0.05) is 72.3 Å². The molecule has 2 aliphatic rings. The van der Waals surface area contributed by atoms with Crippen LogP contribution in [-0.4, -0.2) is 47.1 Å². The fraction of sp³-hybridized carbons (Fsp3) is 0.290. The van der Waals surface area contributed by atoms with E-state index in [1.165, 1.54) is 0 Å². The molecule has 1 fully saturated rings. The molecule has 7 nitrogen and oxygen atoms in total. The monoisotopic (exact) mass is 541 g/mol. The van der Waals surface area contributed by atoms with Crippen molar-refractivity contribution in [2.45, 2.75) is 38.9 Å². The van der Waals surface area contributed by atoms with Crippen LogP contribution in [0.2, 0.25) is 0 Å². The maximum Gasteiger partial charge on any atom is 0.273 e. The first kappa shape index (κ1) is 25.4. The number of hydrogen-bond acceptors (Lipinski definition) is 5. The Morgan fingerprint density at radius 1 is 1.00 bits per heavy atom. The highest BCUT2D eigenvalue weighted by Crippen LogP contribution is 2.46. The van der Waals surface area contributed by atoms with Gasteiger partial charge in [-0.2, -0.15) is 5.10 Å². The molecule has 4 aromatic rings. The Hall–Kier alpha value is -3.91. The minimum absolute atomic E-state index is 0.00901. The average molecular weight is 542 g/mol. The summed E-state index contributed by atoms with van der Waals surface area (Å²) in [6, 6.07) is 25.1. The number of carbonyl (C=O) groups excluding carboxylic acids is 1. The third-order valence-corrected chi connectivity index (χ3v) is 9.31. The zero-order valence-electron chi connectivity index (χ0n) is 22.1. The lowest BCUT2D eigenvalue weighted by molar-refractivity contribution is 0.0722. The summed E-state index contributed by atoms with van der Waals surface area (Å²) in [7, 11) is -3.18. The summed E-state index contributed by atoms with van der Waals surface area (Å²) in [5.74, 6) is 0.691. The first-order valence-electron chi connectivity index (χ1n) is 13.3. The number of amides is 1. The summed E-state index contributed by atoms with van der Waals surface area (Å²) in [5.41, 5.74) is 5.98. The van der Waals surface area contributed by atoms with Gasteiger partial charge in [0.05, 0.1) is 35.9 Å². The van der Waals surface area contributed by atoms with Crippen molar-refractivity contribution in [3.63, 3.8) is 0 Å². The maximum atomic E-state index is 14.3. The quantitative estimate of drug-likeness (QED) is 0.315. The molecule has 1 aromatic heterocycles. The van der Waals surface area contributed by atoms with Crippen LogP contribution in [0.4, 0.5) is 0 Å². The molecule has 0 N–H and O–H groups in total. The van der Waals surface area contributed by atoms with Crippen molar-refractivity contribution in [1.82, 2.24) is 14.7 Å². The van der Waals surface area contributed by atoms with Crippen molar-refractivity contribution < 1.29 is 17.9 Å². The summed E-state index contributed by atoms with van der Waals surface area (Å²) < 4.78 is 32.4. The first-order valence-corrected chi connectivity index (χ1v) is 15.1. The van der Waals surface area contributed by atoms with Gasteiger partial charge in [0.2, 0.25) is 0 Å². The predicted octanol–water partition coefficient (Wildman–Crippen LogP) is 5.36. The van der Waals surface area contributed by atoms with Crippen LogP contribution in [0.25, 0.3) is 11.3 Å². The van der Waals surface area contributed by atoms with Gasteiger partial charge in [0.1, 0.15) is 11.4 Å². The topological polar surface area (TPSA) is 81.5 Å². The smallest absolute Gasteiger partial charge is 0.273 e. The van der Waals surface area contributed by atoms with E-state index in [1.807, 2.05) is 97.6 Å². The SMILES string of the molecule is CCOc1cccc([C@H]2c3c(-c4ccc(C)cc4)nn([C@@H]4CCS(=O)(=O)C4)c3C(=O)N2Cc2ccccc2)c1. The number of hydrogen-bond donors (Lipinski definition) is 0. The molecular weight excluding hydrogens is 510 g/mol. The number of ether oxygens (including phenoxy) is 1. The lowest BCUT2D eigenvalue weighted by atomic mass is 9.95. The molecule has 1 amide bonds. The van der Waals surface area contributed by atoms with Crippen LogP contribution in [0, 0.1) is 6.92 Å². The normalized spacial score (nSPS) is 19.8. The Kier molecular flexibility index (Phi) is 6.51. The molecule has 1 saturated heterocycles. The average Bonchev–Trinajstić information content (AvgIpc) is 3.57. The Morgan fingerprint density at radius 3 is 2.46 bits per heavy atom. The molecule has 8 heteroatoms. The second kappa shape index (κ2) is 10.0. The number of carbonyl (C=O) groups is 1. The molecule has 0 bridgehead atoms. The van der Waals surface area contributed by atoms with Crippen molar-refractivity contribution in [2.75, 3.05) is 18.1 Å². The van der Waals surface area contributed by atoms with Crippen molar-refractivity contribution >= 4 is 15.7 Å². The van der Waals surface area contributed by atoms with Crippen LogP contribution >= 0.6 is 0 Å². The van der Waals surface area contributed by atoms with Gasteiger partial charge in [0.25, 0.3) is 5.91 Å². The summed E-state index contributed by atoms with van der Waals surface area (Å²) in [6.07, 6.45) is 0.445. The molecule has 6 rings (SSSR count). The third kappa shape index (κ3) is 4.74. The van der Waals surface area contributed by atoms with E-state index in [1.54, 1.807) is 4.68 Å². The van der Waals surface area contributed by atoms with Crippen molar-refractivity contribution in [3.8, 4) is 17.0 Å². The standard InChI is InChI=1S/C31H31N3O4S/c1-3-38-26-11-7-10-24(18-26)29-27-28(23-14-12-21(2)13-15-23)32-34(25-16-17-39(36,37)20-25)30(27)31(35)33(29)19-22-8-5-4-6-9-22/h4-15,18,25,29H,3,16-17,19-20H2,1-2H3/t25-,29+/m1/s1. The highest BCUT2D eigenvalue weighted by Gasteiger charge is 2.46. The molecule has 200 valence electrons. The fourth-order valence-electron chi connectivity index (χ4n) is 5.72. The van der Waals surface area contributed by atoms with E-state index in [9.17, 15) is 13.2 Å². The van der Waals surface area contributed by atoms with Crippen molar-refractivity contribution in [2.24, 2.45) is 0 Å². The first-order chi connectivity index (χ1) is 18.8. The number of benzene rings is 3. The number of aryl methyl sites for hydroxylation is 1. The van der Waals surface area contributed by atoms with Crippen LogP contribution < -0.4 is 4.74 Å². The summed E-state index contributed by atoms with van der Waals surface area (Å²) in [4.78, 5) is 16.2. The Bertz CT molecular complexity index is 1630. The van der Waals surface area contributed by atoms with Crippen LogP contribution in [0.15, 0.2) is 78.9 Å². The van der Waals surface area contributed by atoms with Gasteiger partial charge >= 0.3 is 0 Å². The Morgan fingerprint density at radius 2 is 1.77 bits per heavy atom. The van der Waals surface area contributed by atoms with E-state index in [-0.39, 0.29) is 23.5 Å². The van der Waals surface area contributed by atoms with E-state index in [2.05, 4.69) is 0 Å². The van der Waals surface area contributed by atoms with Gasteiger partial charge < -0.3 is 9.64 Å². The van der Waals surface area contributed by atoms with Crippen molar-refractivity contribution in [1.29, 1.82) is 0 Å². The minimum Gasteiger partial charge on any atom is -0.494 e. The van der Waals surface area contributed by atoms with E-state index in [0.29, 0.717) is 31.0 Å². The highest BCUT2D eigenvalue weighted by atomic mass is 32.2. The molecule has 3 heterocycles. The summed E-state index contributed by atoms with van der Waals surface area (Å²) in [5, 5.41) is 4.98. The molecule has 0 spiro atoms. The van der Waals surface area contributed by atoms with Gasteiger partial charge in [0.15, 0.2) is 9.84 Å². The second-order valence-corrected chi connectivity index (χ2v) is 12.5.